The molecule has 1 aliphatic rings. The summed E-state index contributed by atoms with van der Waals surface area (Å²) in [5.74, 6) is 0.651. The van der Waals surface area contributed by atoms with Gasteiger partial charge in [-0.1, -0.05) is 32.4 Å². The molecule has 1 atom stereocenters. The van der Waals surface area contributed by atoms with Crippen LogP contribution in [0.4, 0.5) is 5.13 Å². The van der Waals surface area contributed by atoms with E-state index in [1.165, 1.54) is 21.8 Å². The zero-order valence-electron chi connectivity index (χ0n) is 14.2. The number of benzene rings is 1. The average Bonchev–Trinajstić information content (AvgIpc) is 2.93. The Morgan fingerprint density at radius 2 is 2.04 bits per heavy atom. The minimum atomic E-state index is -3.57. The Bertz CT molecular complexity index is 795. The molecule has 1 unspecified atom stereocenters. The molecule has 1 aliphatic carbocycles. The van der Waals surface area contributed by atoms with E-state index in [1.807, 2.05) is 12.1 Å². The van der Waals surface area contributed by atoms with Crippen molar-refractivity contribution >= 4 is 26.5 Å². The molecule has 0 amide bonds. The zero-order chi connectivity index (χ0) is 17.2. The fraction of sp³-hybridized carbons (Fsp3) is 0.500. The van der Waals surface area contributed by atoms with Crippen LogP contribution in [0, 0.1) is 5.92 Å². The Morgan fingerprint density at radius 3 is 2.75 bits per heavy atom. The summed E-state index contributed by atoms with van der Waals surface area (Å²) in [4.78, 5) is 6.00. The van der Waals surface area contributed by atoms with Gasteiger partial charge in [0.05, 0.1) is 10.6 Å². The van der Waals surface area contributed by atoms with Crippen molar-refractivity contribution in [2.45, 2.75) is 57.3 Å². The Hall–Kier alpha value is -1.40. The molecule has 0 radical (unpaired) electrons. The number of nitrogens with one attached hydrogen (secondary N) is 1. The molecule has 1 aromatic heterocycles. The first-order valence-electron chi connectivity index (χ1n) is 8.58. The van der Waals surface area contributed by atoms with Crippen LogP contribution in [-0.4, -0.2) is 13.4 Å². The first-order valence-corrected chi connectivity index (χ1v) is 10.9. The first-order chi connectivity index (χ1) is 11.5. The van der Waals surface area contributed by atoms with E-state index in [4.69, 9.17) is 0 Å². The highest BCUT2D eigenvalue weighted by atomic mass is 32.2. The molecule has 0 saturated heterocycles. The second-order valence-electron chi connectivity index (χ2n) is 6.59. The number of hydrogen-bond donors (Lipinski definition) is 1. The maximum Gasteiger partial charge on any atom is 0.263 e. The van der Waals surface area contributed by atoms with Crippen LogP contribution in [0.1, 0.15) is 49.2 Å². The van der Waals surface area contributed by atoms with E-state index < -0.39 is 10.0 Å². The van der Waals surface area contributed by atoms with Gasteiger partial charge in [0.25, 0.3) is 10.0 Å². The smallest absolute Gasteiger partial charge is 0.255 e. The summed E-state index contributed by atoms with van der Waals surface area (Å²) in [5.41, 5.74) is 2.24. The highest BCUT2D eigenvalue weighted by Crippen LogP contribution is 2.33. The molecule has 0 spiro atoms. The van der Waals surface area contributed by atoms with Gasteiger partial charge in [0, 0.05) is 4.88 Å². The van der Waals surface area contributed by atoms with Gasteiger partial charge in [0.2, 0.25) is 0 Å². The molecule has 24 heavy (non-hydrogen) atoms. The average molecular weight is 365 g/mol. The lowest BCUT2D eigenvalue weighted by atomic mass is 9.93. The van der Waals surface area contributed by atoms with Gasteiger partial charge in [-0.15, -0.1) is 11.3 Å². The van der Waals surface area contributed by atoms with Gasteiger partial charge in [-0.3, -0.25) is 4.72 Å². The van der Waals surface area contributed by atoms with E-state index >= 15 is 0 Å². The summed E-state index contributed by atoms with van der Waals surface area (Å²) in [6.45, 7) is 4.38. The molecular formula is C18H24N2O2S2. The molecule has 3 rings (SSSR count). The summed E-state index contributed by atoms with van der Waals surface area (Å²) in [5, 5.41) is 0.490. The Morgan fingerprint density at radius 1 is 1.29 bits per heavy atom. The molecule has 2 aromatic rings. The third kappa shape index (κ3) is 3.98. The summed E-state index contributed by atoms with van der Waals surface area (Å²) in [7, 11) is -3.57. The van der Waals surface area contributed by atoms with Gasteiger partial charge in [-0.25, -0.2) is 13.4 Å². The van der Waals surface area contributed by atoms with Crippen LogP contribution in [0.25, 0.3) is 0 Å². The van der Waals surface area contributed by atoms with E-state index in [2.05, 4.69) is 23.6 Å². The molecule has 1 N–H and O–H groups in total. The molecule has 1 aromatic carbocycles. The van der Waals surface area contributed by atoms with E-state index in [1.54, 1.807) is 12.1 Å². The third-order valence-electron chi connectivity index (χ3n) is 4.46. The van der Waals surface area contributed by atoms with Crippen LogP contribution in [0.15, 0.2) is 29.2 Å². The van der Waals surface area contributed by atoms with Crippen LogP contribution >= 0.6 is 11.3 Å². The Kier molecular flexibility index (Phi) is 5.25. The number of aryl methyl sites for hydroxylation is 2. The van der Waals surface area contributed by atoms with Crippen molar-refractivity contribution in [3.8, 4) is 0 Å². The maximum absolute atomic E-state index is 12.6. The van der Waals surface area contributed by atoms with Crippen LogP contribution in [0.3, 0.4) is 0 Å². The number of anilines is 1. The fourth-order valence-electron chi connectivity index (χ4n) is 2.97. The van der Waals surface area contributed by atoms with E-state index in [-0.39, 0.29) is 0 Å². The molecule has 1 heterocycles. The molecule has 0 aliphatic heterocycles. The maximum atomic E-state index is 12.6. The standard InChI is InChI=1S/C18H24N2O2S2/c1-3-4-5-14-7-9-15(10-8-14)24(21,22)20-18-19-16-11-6-13(2)12-17(16)23-18/h7-10,13H,3-6,11-12H2,1-2H3,(H,19,20). The van der Waals surface area contributed by atoms with Crippen molar-refractivity contribution in [1.82, 2.24) is 4.98 Å². The lowest BCUT2D eigenvalue weighted by molar-refractivity contribution is 0.502. The highest BCUT2D eigenvalue weighted by Gasteiger charge is 2.22. The number of unbranched alkanes of at least 4 members (excludes halogenated alkanes) is 1. The minimum Gasteiger partial charge on any atom is -0.255 e. The summed E-state index contributed by atoms with van der Waals surface area (Å²) in [6.07, 6.45) is 6.31. The Balaban J connectivity index is 1.74. The molecular weight excluding hydrogens is 340 g/mol. The number of aromatic nitrogens is 1. The molecule has 4 nitrogen and oxygen atoms in total. The van der Waals surface area contributed by atoms with Gasteiger partial charge in [-0.05, 0) is 55.7 Å². The van der Waals surface area contributed by atoms with Crippen molar-refractivity contribution in [2.24, 2.45) is 5.92 Å². The van der Waals surface area contributed by atoms with Crippen LogP contribution in [0.2, 0.25) is 0 Å². The number of fused-ring (bicyclic) bond motifs is 1. The second kappa shape index (κ2) is 7.23. The van der Waals surface area contributed by atoms with Gasteiger partial charge < -0.3 is 0 Å². The molecule has 130 valence electrons. The van der Waals surface area contributed by atoms with Gasteiger partial charge >= 0.3 is 0 Å². The largest absolute Gasteiger partial charge is 0.263 e. The van der Waals surface area contributed by atoms with Crippen LogP contribution < -0.4 is 4.72 Å². The minimum absolute atomic E-state index is 0.296. The van der Waals surface area contributed by atoms with Gasteiger partial charge in [-0.2, -0.15) is 0 Å². The number of sulfonamides is 1. The lowest BCUT2D eigenvalue weighted by Gasteiger charge is -2.15. The number of hydrogen-bond acceptors (Lipinski definition) is 4. The van der Waals surface area contributed by atoms with Crippen LogP contribution in [0.5, 0.6) is 0 Å². The molecule has 0 fully saturated rings. The van der Waals surface area contributed by atoms with Crippen molar-refractivity contribution in [2.75, 3.05) is 4.72 Å². The topological polar surface area (TPSA) is 59.1 Å². The predicted molar refractivity (Wildman–Crippen MR) is 99.2 cm³/mol. The van der Waals surface area contributed by atoms with E-state index in [0.29, 0.717) is 15.9 Å². The van der Waals surface area contributed by atoms with Crippen molar-refractivity contribution in [3.05, 3.63) is 40.4 Å². The fourth-order valence-corrected chi connectivity index (χ4v) is 5.38. The van der Waals surface area contributed by atoms with Crippen molar-refractivity contribution in [3.63, 3.8) is 0 Å². The number of thiazole rings is 1. The highest BCUT2D eigenvalue weighted by molar-refractivity contribution is 7.93. The number of nitrogens with zero attached hydrogens (tertiary/aromatic N) is 1. The van der Waals surface area contributed by atoms with E-state index in [0.717, 1.165) is 44.2 Å². The summed E-state index contributed by atoms with van der Waals surface area (Å²) in [6, 6.07) is 7.17. The SMILES string of the molecule is CCCCc1ccc(S(=O)(=O)Nc2nc3c(s2)CC(C)CC3)cc1. The zero-order valence-corrected chi connectivity index (χ0v) is 15.8. The monoisotopic (exact) mass is 364 g/mol. The number of rotatable bonds is 6. The Labute approximate surface area is 148 Å². The van der Waals surface area contributed by atoms with Gasteiger partial charge in [0.1, 0.15) is 0 Å². The van der Waals surface area contributed by atoms with Crippen molar-refractivity contribution < 1.29 is 8.42 Å². The quantitative estimate of drug-likeness (QED) is 0.826. The second-order valence-corrected chi connectivity index (χ2v) is 9.36. The molecule has 0 bridgehead atoms. The molecule has 0 saturated carbocycles. The summed E-state index contributed by atoms with van der Waals surface area (Å²) >= 11 is 1.47. The normalized spacial score (nSPS) is 17.5. The third-order valence-corrected chi connectivity index (χ3v) is 6.98. The lowest BCUT2D eigenvalue weighted by Crippen LogP contribution is -2.13. The van der Waals surface area contributed by atoms with Gasteiger partial charge in [0.15, 0.2) is 5.13 Å². The predicted octanol–water partition coefficient (Wildman–Crippen LogP) is 4.41. The van der Waals surface area contributed by atoms with Crippen LogP contribution in [-0.2, 0) is 29.3 Å². The molecule has 6 heteroatoms. The first kappa shape index (κ1) is 17.4. The summed E-state index contributed by atoms with van der Waals surface area (Å²) < 4.78 is 27.8. The van der Waals surface area contributed by atoms with Crippen molar-refractivity contribution in [1.29, 1.82) is 0 Å². The van der Waals surface area contributed by atoms with E-state index in [9.17, 15) is 8.42 Å².